The Hall–Kier alpha value is -1.99. The van der Waals surface area contributed by atoms with Gasteiger partial charge in [0, 0.05) is 33.2 Å². The standard InChI is InChI=1S/C16H20N4/c1-19-6-3-12(4-7-19)14-10-16-15(9-13(14)11-17)18-5-8-20(16)2/h3,9-10,18H,4-8H2,1-2H3. The van der Waals surface area contributed by atoms with Crippen LogP contribution in [-0.4, -0.2) is 45.2 Å². The van der Waals surface area contributed by atoms with E-state index in [1.54, 1.807) is 0 Å². The number of hydrogen-bond acceptors (Lipinski definition) is 4. The second-order valence-corrected chi connectivity index (χ2v) is 5.62. The van der Waals surface area contributed by atoms with Crippen LogP contribution < -0.4 is 10.2 Å². The molecule has 0 fully saturated rings. The van der Waals surface area contributed by atoms with E-state index in [1.807, 2.05) is 6.07 Å². The Morgan fingerprint density at radius 2 is 2.10 bits per heavy atom. The smallest absolute Gasteiger partial charge is 0.0998 e. The van der Waals surface area contributed by atoms with Crippen molar-refractivity contribution in [3.8, 4) is 6.07 Å². The minimum Gasteiger partial charge on any atom is -0.382 e. The normalized spacial score (nSPS) is 18.9. The van der Waals surface area contributed by atoms with Crippen LogP contribution in [0.4, 0.5) is 11.4 Å². The van der Waals surface area contributed by atoms with Crippen LogP contribution in [0.15, 0.2) is 18.2 Å². The third-order valence-electron chi connectivity index (χ3n) is 4.19. The second kappa shape index (κ2) is 5.18. The summed E-state index contributed by atoms with van der Waals surface area (Å²) in [5, 5.41) is 12.8. The molecule has 1 aromatic rings. The molecule has 104 valence electrons. The molecule has 0 aliphatic carbocycles. The molecule has 4 nitrogen and oxygen atoms in total. The lowest BCUT2D eigenvalue weighted by molar-refractivity contribution is 0.370. The number of nitrogens with one attached hydrogen (secondary N) is 1. The number of anilines is 2. The highest BCUT2D eigenvalue weighted by Gasteiger charge is 2.19. The summed E-state index contributed by atoms with van der Waals surface area (Å²) >= 11 is 0. The molecule has 4 heteroatoms. The van der Waals surface area contributed by atoms with Crippen LogP contribution in [-0.2, 0) is 0 Å². The lowest BCUT2D eigenvalue weighted by Gasteiger charge is -2.30. The van der Waals surface area contributed by atoms with Crippen molar-refractivity contribution in [1.82, 2.24) is 4.90 Å². The molecule has 1 aromatic carbocycles. The van der Waals surface area contributed by atoms with Crippen molar-refractivity contribution in [3.63, 3.8) is 0 Å². The number of rotatable bonds is 1. The van der Waals surface area contributed by atoms with E-state index in [0.29, 0.717) is 0 Å². The molecule has 0 aromatic heterocycles. The van der Waals surface area contributed by atoms with Crippen molar-refractivity contribution >= 4 is 16.9 Å². The lowest BCUT2D eigenvalue weighted by Crippen LogP contribution is -2.30. The van der Waals surface area contributed by atoms with E-state index in [-0.39, 0.29) is 0 Å². The monoisotopic (exact) mass is 268 g/mol. The zero-order chi connectivity index (χ0) is 14.1. The highest BCUT2D eigenvalue weighted by Crippen LogP contribution is 2.35. The van der Waals surface area contributed by atoms with Gasteiger partial charge in [0.25, 0.3) is 0 Å². The summed E-state index contributed by atoms with van der Waals surface area (Å²) in [6.07, 6.45) is 3.27. The molecule has 0 radical (unpaired) electrons. The quantitative estimate of drug-likeness (QED) is 0.847. The first-order chi connectivity index (χ1) is 9.69. The number of benzene rings is 1. The molecular weight excluding hydrogens is 248 g/mol. The van der Waals surface area contributed by atoms with E-state index >= 15 is 0 Å². The number of fused-ring (bicyclic) bond motifs is 1. The Labute approximate surface area is 120 Å². The molecule has 0 atom stereocenters. The Morgan fingerprint density at radius 3 is 2.80 bits per heavy atom. The maximum Gasteiger partial charge on any atom is 0.0998 e. The number of likely N-dealkylation sites (N-methyl/N-ethyl adjacent to an activating group) is 2. The third-order valence-corrected chi connectivity index (χ3v) is 4.19. The minimum atomic E-state index is 0.780. The first kappa shape index (κ1) is 13.0. The van der Waals surface area contributed by atoms with Crippen molar-refractivity contribution < 1.29 is 0 Å². The second-order valence-electron chi connectivity index (χ2n) is 5.62. The number of nitrogens with zero attached hydrogens (tertiary/aromatic N) is 3. The summed E-state index contributed by atoms with van der Waals surface area (Å²) in [6, 6.07) is 6.53. The number of nitriles is 1. The van der Waals surface area contributed by atoms with E-state index in [9.17, 15) is 5.26 Å². The zero-order valence-electron chi connectivity index (χ0n) is 12.1. The average Bonchev–Trinajstić information content (AvgIpc) is 2.47. The van der Waals surface area contributed by atoms with Crippen LogP contribution in [0.1, 0.15) is 17.5 Å². The van der Waals surface area contributed by atoms with Crippen molar-refractivity contribution in [2.24, 2.45) is 0 Å². The van der Waals surface area contributed by atoms with E-state index < -0.39 is 0 Å². The van der Waals surface area contributed by atoms with Crippen LogP contribution >= 0.6 is 0 Å². The molecular formula is C16H20N4. The van der Waals surface area contributed by atoms with Gasteiger partial charge in [-0.1, -0.05) is 6.08 Å². The fraction of sp³-hybridized carbons (Fsp3) is 0.438. The van der Waals surface area contributed by atoms with Gasteiger partial charge in [-0.3, -0.25) is 0 Å². The molecule has 2 aliphatic rings. The first-order valence-electron chi connectivity index (χ1n) is 7.10. The summed E-state index contributed by atoms with van der Waals surface area (Å²) in [7, 11) is 4.24. The topological polar surface area (TPSA) is 42.3 Å². The van der Waals surface area contributed by atoms with Crippen molar-refractivity contribution in [1.29, 1.82) is 5.26 Å². The van der Waals surface area contributed by atoms with Gasteiger partial charge in [-0.05, 0) is 36.7 Å². The fourth-order valence-corrected chi connectivity index (χ4v) is 2.90. The van der Waals surface area contributed by atoms with Gasteiger partial charge in [0.05, 0.1) is 23.0 Å². The highest BCUT2D eigenvalue weighted by atomic mass is 15.2. The van der Waals surface area contributed by atoms with Gasteiger partial charge in [0.15, 0.2) is 0 Å². The summed E-state index contributed by atoms with van der Waals surface area (Å²) in [5.74, 6) is 0. The maximum absolute atomic E-state index is 9.44. The summed E-state index contributed by atoms with van der Waals surface area (Å²) in [5.41, 5.74) is 5.47. The fourth-order valence-electron chi connectivity index (χ4n) is 2.90. The molecule has 0 saturated heterocycles. The molecule has 0 saturated carbocycles. The third kappa shape index (κ3) is 2.25. The Balaban J connectivity index is 2.06. The average molecular weight is 268 g/mol. The van der Waals surface area contributed by atoms with Gasteiger partial charge in [0.2, 0.25) is 0 Å². The first-order valence-corrected chi connectivity index (χ1v) is 7.10. The van der Waals surface area contributed by atoms with Crippen LogP contribution in [0.25, 0.3) is 5.57 Å². The highest BCUT2D eigenvalue weighted by molar-refractivity contribution is 5.82. The van der Waals surface area contributed by atoms with E-state index in [0.717, 1.165) is 49.4 Å². The Morgan fingerprint density at radius 1 is 1.25 bits per heavy atom. The maximum atomic E-state index is 9.44. The van der Waals surface area contributed by atoms with Gasteiger partial charge in [-0.15, -0.1) is 0 Å². The molecule has 0 bridgehead atoms. The van der Waals surface area contributed by atoms with Gasteiger partial charge in [-0.2, -0.15) is 5.26 Å². The molecule has 0 unspecified atom stereocenters. The SMILES string of the molecule is CN1CC=C(c2cc3c(cc2C#N)NCCN3C)CC1. The Bertz CT molecular complexity index is 597. The van der Waals surface area contributed by atoms with Gasteiger partial charge < -0.3 is 15.1 Å². The molecule has 0 spiro atoms. The molecule has 2 aliphatic heterocycles. The zero-order valence-corrected chi connectivity index (χ0v) is 12.1. The molecule has 1 N–H and O–H groups in total. The summed E-state index contributed by atoms with van der Waals surface area (Å²) in [6.45, 7) is 3.95. The minimum absolute atomic E-state index is 0.780. The van der Waals surface area contributed by atoms with E-state index in [1.165, 1.54) is 11.3 Å². The summed E-state index contributed by atoms with van der Waals surface area (Å²) < 4.78 is 0. The number of hydrogen-bond donors (Lipinski definition) is 1. The van der Waals surface area contributed by atoms with E-state index in [4.69, 9.17) is 0 Å². The van der Waals surface area contributed by atoms with Crippen molar-refractivity contribution in [2.45, 2.75) is 6.42 Å². The van der Waals surface area contributed by atoms with Gasteiger partial charge in [0.1, 0.15) is 0 Å². The van der Waals surface area contributed by atoms with Crippen molar-refractivity contribution in [3.05, 3.63) is 29.3 Å². The Kier molecular flexibility index (Phi) is 3.37. The predicted molar refractivity (Wildman–Crippen MR) is 83.0 cm³/mol. The molecule has 20 heavy (non-hydrogen) atoms. The molecule has 0 amide bonds. The molecule has 2 heterocycles. The van der Waals surface area contributed by atoms with Crippen LogP contribution in [0.2, 0.25) is 0 Å². The lowest BCUT2D eigenvalue weighted by atomic mass is 9.93. The van der Waals surface area contributed by atoms with Crippen molar-refractivity contribution in [2.75, 3.05) is 50.5 Å². The van der Waals surface area contributed by atoms with Crippen LogP contribution in [0, 0.1) is 11.3 Å². The molecule has 3 rings (SSSR count). The predicted octanol–water partition coefficient (Wildman–Crippen LogP) is 2.14. The largest absolute Gasteiger partial charge is 0.382 e. The van der Waals surface area contributed by atoms with Crippen LogP contribution in [0.5, 0.6) is 0 Å². The van der Waals surface area contributed by atoms with Gasteiger partial charge in [-0.25, -0.2) is 0 Å². The summed E-state index contributed by atoms with van der Waals surface area (Å²) in [4.78, 5) is 4.55. The van der Waals surface area contributed by atoms with Gasteiger partial charge >= 0.3 is 0 Å². The van der Waals surface area contributed by atoms with Crippen LogP contribution in [0.3, 0.4) is 0 Å². The van der Waals surface area contributed by atoms with E-state index in [2.05, 4.69) is 47.4 Å².